The second kappa shape index (κ2) is 9.90. The van der Waals surface area contributed by atoms with Gasteiger partial charge in [-0.25, -0.2) is 8.42 Å². The highest BCUT2D eigenvalue weighted by Gasteiger charge is 2.24. The molecule has 2 N–H and O–H groups in total. The van der Waals surface area contributed by atoms with Crippen LogP contribution in [0, 0.1) is 5.41 Å². The van der Waals surface area contributed by atoms with Crippen molar-refractivity contribution in [1.29, 1.82) is 0 Å². The Labute approximate surface area is 152 Å². The lowest BCUT2D eigenvalue weighted by molar-refractivity contribution is 0.345. The number of hydrogen-bond donors (Lipinski definition) is 2. The van der Waals surface area contributed by atoms with Gasteiger partial charge in [0, 0.05) is 31.1 Å². The fourth-order valence-corrected chi connectivity index (χ4v) is 5.02. The summed E-state index contributed by atoms with van der Waals surface area (Å²) in [6.45, 7) is 7.11. The van der Waals surface area contributed by atoms with E-state index in [4.69, 9.17) is 0 Å². The van der Waals surface area contributed by atoms with Gasteiger partial charge in [0.05, 0.1) is 5.75 Å². The first-order valence-electron chi connectivity index (χ1n) is 8.91. The van der Waals surface area contributed by atoms with E-state index in [9.17, 15) is 8.42 Å². The SMILES string of the molecule is CCSC1CCCC(NC(=NC)NCC(C)(C)CCS(C)(=O)=O)C1. The highest BCUT2D eigenvalue weighted by atomic mass is 32.2. The smallest absolute Gasteiger partial charge is 0.191 e. The summed E-state index contributed by atoms with van der Waals surface area (Å²) in [5.74, 6) is 2.24. The number of hydrogen-bond acceptors (Lipinski definition) is 4. The number of thioether (sulfide) groups is 1. The van der Waals surface area contributed by atoms with Gasteiger partial charge in [-0.2, -0.15) is 11.8 Å². The maximum Gasteiger partial charge on any atom is 0.191 e. The van der Waals surface area contributed by atoms with Gasteiger partial charge < -0.3 is 10.6 Å². The van der Waals surface area contributed by atoms with Crippen LogP contribution >= 0.6 is 11.8 Å². The monoisotopic (exact) mass is 377 g/mol. The van der Waals surface area contributed by atoms with E-state index in [1.165, 1.54) is 37.7 Å². The average molecular weight is 378 g/mol. The molecule has 1 fully saturated rings. The molecule has 0 saturated heterocycles. The molecule has 0 radical (unpaired) electrons. The third kappa shape index (κ3) is 9.16. The van der Waals surface area contributed by atoms with Crippen LogP contribution in [0.15, 0.2) is 4.99 Å². The van der Waals surface area contributed by atoms with E-state index in [2.05, 4.69) is 48.2 Å². The lowest BCUT2D eigenvalue weighted by Crippen LogP contribution is -2.48. The number of nitrogens with one attached hydrogen (secondary N) is 2. The van der Waals surface area contributed by atoms with Gasteiger partial charge in [-0.3, -0.25) is 4.99 Å². The van der Waals surface area contributed by atoms with E-state index in [-0.39, 0.29) is 11.2 Å². The Kier molecular flexibility index (Phi) is 8.91. The predicted octanol–water partition coefficient (Wildman–Crippen LogP) is 2.68. The van der Waals surface area contributed by atoms with Crippen molar-refractivity contribution in [3.05, 3.63) is 0 Å². The largest absolute Gasteiger partial charge is 0.356 e. The van der Waals surface area contributed by atoms with Crippen molar-refractivity contribution in [3.8, 4) is 0 Å². The first kappa shape index (κ1) is 21.6. The minimum atomic E-state index is -2.91. The maximum absolute atomic E-state index is 11.4. The van der Waals surface area contributed by atoms with Crippen LogP contribution in [0.5, 0.6) is 0 Å². The topological polar surface area (TPSA) is 70.6 Å². The second-order valence-electron chi connectivity index (χ2n) is 7.56. The normalized spacial score (nSPS) is 23.1. The Morgan fingerprint density at radius 2 is 2.04 bits per heavy atom. The zero-order valence-corrected chi connectivity index (χ0v) is 17.5. The van der Waals surface area contributed by atoms with Crippen LogP contribution in [0.1, 0.15) is 52.9 Å². The van der Waals surface area contributed by atoms with Gasteiger partial charge in [-0.05, 0) is 36.9 Å². The predicted molar refractivity (Wildman–Crippen MR) is 107 cm³/mol. The Morgan fingerprint density at radius 1 is 1.33 bits per heavy atom. The molecule has 0 aromatic rings. The molecule has 5 nitrogen and oxygen atoms in total. The summed E-state index contributed by atoms with van der Waals surface area (Å²) in [4.78, 5) is 4.33. The van der Waals surface area contributed by atoms with Crippen LogP contribution in [0.2, 0.25) is 0 Å². The molecule has 1 rings (SSSR count). The molecule has 0 aromatic heterocycles. The van der Waals surface area contributed by atoms with Gasteiger partial charge in [0.1, 0.15) is 9.84 Å². The van der Waals surface area contributed by atoms with Gasteiger partial charge in [-0.1, -0.05) is 27.2 Å². The van der Waals surface area contributed by atoms with Crippen molar-refractivity contribution in [2.24, 2.45) is 10.4 Å². The molecule has 1 saturated carbocycles. The Balaban J connectivity index is 2.44. The molecule has 0 heterocycles. The van der Waals surface area contributed by atoms with Crippen molar-refractivity contribution >= 4 is 27.6 Å². The van der Waals surface area contributed by atoms with E-state index in [1.54, 1.807) is 7.05 Å². The Hall–Kier alpha value is -0.430. The molecule has 142 valence electrons. The molecular formula is C17H35N3O2S2. The van der Waals surface area contributed by atoms with Crippen LogP contribution in [0.4, 0.5) is 0 Å². The van der Waals surface area contributed by atoms with Crippen LogP contribution in [0.3, 0.4) is 0 Å². The molecule has 0 bridgehead atoms. The van der Waals surface area contributed by atoms with Gasteiger partial charge >= 0.3 is 0 Å². The lowest BCUT2D eigenvalue weighted by atomic mass is 9.90. The van der Waals surface area contributed by atoms with Gasteiger partial charge in [0.15, 0.2) is 5.96 Å². The van der Waals surface area contributed by atoms with E-state index in [1.807, 2.05) is 0 Å². The molecular weight excluding hydrogens is 342 g/mol. The van der Waals surface area contributed by atoms with Crippen LogP contribution in [-0.4, -0.2) is 57.0 Å². The molecule has 1 aliphatic carbocycles. The van der Waals surface area contributed by atoms with Gasteiger partial charge in [0.25, 0.3) is 0 Å². The number of guanidine groups is 1. The number of sulfone groups is 1. The molecule has 2 atom stereocenters. The summed E-state index contributed by atoms with van der Waals surface area (Å²) in [7, 11) is -1.12. The summed E-state index contributed by atoms with van der Waals surface area (Å²) < 4.78 is 22.7. The number of rotatable bonds is 8. The Morgan fingerprint density at radius 3 is 2.62 bits per heavy atom. The highest BCUT2D eigenvalue weighted by molar-refractivity contribution is 7.99. The molecule has 24 heavy (non-hydrogen) atoms. The number of nitrogens with zero attached hydrogens (tertiary/aromatic N) is 1. The molecule has 0 spiro atoms. The van der Waals surface area contributed by atoms with E-state index >= 15 is 0 Å². The molecule has 7 heteroatoms. The molecule has 0 aliphatic heterocycles. The van der Waals surface area contributed by atoms with Crippen LogP contribution < -0.4 is 10.6 Å². The third-order valence-corrected chi connectivity index (χ3v) is 6.66. The van der Waals surface area contributed by atoms with Crippen molar-refractivity contribution < 1.29 is 8.42 Å². The van der Waals surface area contributed by atoms with Gasteiger partial charge in [0.2, 0.25) is 0 Å². The zero-order valence-electron chi connectivity index (χ0n) is 15.9. The Bertz CT molecular complexity index is 502. The average Bonchev–Trinajstić information content (AvgIpc) is 2.50. The maximum atomic E-state index is 11.4. The molecule has 1 aliphatic rings. The van der Waals surface area contributed by atoms with Gasteiger partial charge in [-0.15, -0.1) is 0 Å². The van der Waals surface area contributed by atoms with E-state index in [0.29, 0.717) is 19.0 Å². The molecule has 0 aromatic carbocycles. The third-order valence-electron chi connectivity index (χ3n) is 4.48. The van der Waals surface area contributed by atoms with Crippen LogP contribution in [0.25, 0.3) is 0 Å². The highest BCUT2D eigenvalue weighted by Crippen LogP contribution is 2.28. The second-order valence-corrected chi connectivity index (χ2v) is 11.4. The van der Waals surface area contributed by atoms with Crippen molar-refractivity contribution in [2.75, 3.05) is 31.4 Å². The first-order chi connectivity index (χ1) is 11.1. The minimum Gasteiger partial charge on any atom is -0.356 e. The zero-order chi connectivity index (χ0) is 18.2. The summed E-state index contributed by atoms with van der Waals surface area (Å²) in [6, 6.07) is 0.480. The minimum absolute atomic E-state index is 0.0894. The summed E-state index contributed by atoms with van der Waals surface area (Å²) in [5.41, 5.74) is -0.0894. The van der Waals surface area contributed by atoms with Crippen LogP contribution in [-0.2, 0) is 9.84 Å². The fourth-order valence-electron chi connectivity index (χ4n) is 2.92. The first-order valence-corrected chi connectivity index (χ1v) is 12.0. The quantitative estimate of drug-likeness (QED) is 0.503. The van der Waals surface area contributed by atoms with E-state index in [0.717, 1.165) is 11.2 Å². The fraction of sp³-hybridized carbons (Fsp3) is 0.941. The standard InChI is InChI=1S/C17H35N3O2S2/c1-6-23-15-9-7-8-14(12-15)20-16(18-4)19-13-17(2,3)10-11-24(5,21)22/h14-15H,6-13H2,1-5H3,(H2,18,19,20). The van der Waals surface area contributed by atoms with Crippen molar-refractivity contribution in [3.63, 3.8) is 0 Å². The molecule has 0 amide bonds. The summed E-state index contributed by atoms with van der Waals surface area (Å²) >= 11 is 2.06. The van der Waals surface area contributed by atoms with Crippen molar-refractivity contribution in [1.82, 2.24) is 10.6 Å². The molecule has 2 unspecified atom stereocenters. The lowest BCUT2D eigenvalue weighted by Gasteiger charge is -2.31. The van der Waals surface area contributed by atoms with Crippen molar-refractivity contribution in [2.45, 2.75) is 64.2 Å². The summed E-state index contributed by atoms with van der Waals surface area (Å²) in [5, 5.41) is 7.68. The van der Waals surface area contributed by atoms with E-state index < -0.39 is 9.84 Å². The number of aliphatic imine (C=N–C) groups is 1. The summed E-state index contributed by atoms with van der Waals surface area (Å²) in [6.07, 6.45) is 6.92.